The van der Waals surface area contributed by atoms with Gasteiger partial charge in [0.15, 0.2) is 11.6 Å². The number of aromatic nitrogens is 5. The first-order valence-corrected chi connectivity index (χ1v) is 11.5. The smallest absolute Gasteiger partial charge is 0.218 e. The molecule has 9 nitrogen and oxygen atoms in total. The number of fused-ring (bicyclic) bond motifs is 2. The van der Waals surface area contributed by atoms with Crippen molar-refractivity contribution in [3.8, 4) is 33.8 Å². The second-order valence-corrected chi connectivity index (χ2v) is 10.3. The summed E-state index contributed by atoms with van der Waals surface area (Å²) in [6.07, 6.45) is 2.94. The Morgan fingerprint density at radius 1 is 1.24 bits per heavy atom. The van der Waals surface area contributed by atoms with Gasteiger partial charge in [0, 0.05) is 23.7 Å². The lowest BCUT2D eigenvalue weighted by atomic mass is 9.82. The Balaban J connectivity index is 1.37. The summed E-state index contributed by atoms with van der Waals surface area (Å²) in [4.78, 5) is 6.20. The van der Waals surface area contributed by atoms with Crippen LogP contribution in [0.1, 0.15) is 38.1 Å². The molecule has 2 aliphatic rings. The summed E-state index contributed by atoms with van der Waals surface area (Å²) in [5.41, 5.74) is 0.414. The third-order valence-corrected chi connectivity index (χ3v) is 7.68. The first kappa shape index (κ1) is 21.6. The average Bonchev–Trinajstić information content (AvgIpc) is 3.39. The summed E-state index contributed by atoms with van der Waals surface area (Å²) in [5, 5.41) is 39.9. The summed E-state index contributed by atoms with van der Waals surface area (Å²) in [5.74, 6) is 0.699. The zero-order valence-corrected chi connectivity index (χ0v) is 19.3. The number of alkyl halides is 1. The summed E-state index contributed by atoms with van der Waals surface area (Å²) < 4.78 is 15.4. The molecule has 4 heterocycles. The molecule has 3 aromatic rings. The minimum atomic E-state index is -1.04. The monoisotopic (exact) mass is 466 g/mol. The number of nitrogens with one attached hydrogen (secondary N) is 1. The van der Waals surface area contributed by atoms with Crippen molar-refractivity contribution in [1.82, 2.24) is 30.7 Å². The van der Waals surface area contributed by atoms with E-state index in [1.165, 1.54) is 6.07 Å². The van der Waals surface area contributed by atoms with E-state index < -0.39 is 11.7 Å². The minimum absolute atomic E-state index is 0.0382. The Kier molecular flexibility index (Phi) is 5.02. The standard InChI is InChI=1S/C22H23FN8OS/c1-21-6-7-22(2,30-21)18(23)14(9-21)31(3)16-11-25-19(28-26-16)13-5-4-12(8-15(13)32)20-29-27-17(10-24)33-20/h4-5,8,11,14,18,30,32H,6-7,9H2,1-3H3/t14-,18-,21-,22+/m1/s1. The molecule has 2 saturated heterocycles. The lowest BCUT2D eigenvalue weighted by Crippen LogP contribution is -2.65. The van der Waals surface area contributed by atoms with Crippen molar-refractivity contribution in [1.29, 1.82) is 5.26 Å². The molecule has 0 radical (unpaired) electrons. The number of aromatic hydroxyl groups is 1. The van der Waals surface area contributed by atoms with Crippen LogP contribution in [0.2, 0.25) is 0 Å². The summed E-state index contributed by atoms with van der Waals surface area (Å²) in [6, 6.07) is 6.56. The third kappa shape index (κ3) is 3.69. The molecule has 11 heteroatoms. The molecular formula is C22H23FN8OS. The van der Waals surface area contributed by atoms with E-state index in [2.05, 4.69) is 37.6 Å². The maximum absolute atomic E-state index is 15.4. The van der Waals surface area contributed by atoms with Crippen molar-refractivity contribution in [2.75, 3.05) is 11.9 Å². The number of hydrogen-bond donors (Lipinski definition) is 2. The van der Waals surface area contributed by atoms with Crippen LogP contribution >= 0.6 is 11.3 Å². The van der Waals surface area contributed by atoms with E-state index in [4.69, 9.17) is 5.26 Å². The van der Waals surface area contributed by atoms with Crippen LogP contribution in [-0.2, 0) is 0 Å². The van der Waals surface area contributed by atoms with Gasteiger partial charge >= 0.3 is 0 Å². The molecule has 2 aromatic heterocycles. The second-order valence-electron chi connectivity index (χ2n) is 9.28. The summed E-state index contributed by atoms with van der Waals surface area (Å²) in [6.45, 7) is 4.10. The van der Waals surface area contributed by atoms with Gasteiger partial charge in [-0.2, -0.15) is 5.26 Å². The number of nitrogens with zero attached hydrogens (tertiary/aromatic N) is 7. The second kappa shape index (κ2) is 7.67. The zero-order valence-electron chi connectivity index (χ0n) is 18.4. The molecule has 170 valence electrons. The van der Waals surface area contributed by atoms with Gasteiger partial charge in [0.05, 0.1) is 17.8 Å². The molecule has 0 amide bonds. The fraction of sp³-hybridized carbons (Fsp3) is 0.455. The molecule has 0 aliphatic carbocycles. The van der Waals surface area contributed by atoms with Crippen LogP contribution in [0.5, 0.6) is 5.75 Å². The molecular weight excluding hydrogens is 443 g/mol. The van der Waals surface area contributed by atoms with E-state index in [1.807, 2.05) is 24.9 Å². The van der Waals surface area contributed by atoms with Crippen molar-refractivity contribution in [3.63, 3.8) is 0 Å². The number of piperidine rings is 1. The number of hydrogen-bond acceptors (Lipinski definition) is 10. The predicted molar refractivity (Wildman–Crippen MR) is 121 cm³/mol. The van der Waals surface area contributed by atoms with Gasteiger partial charge in [0.2, 0.25) is 5.01 Å². The Labute approximate surface area is 194 Å². The van der Waals surface area contributed by atoms with Crippen molar-refractivity contribution in [3.05, 3.63) is 29.4 Å². The van der Waals surface area contributed by atoms with E-state index >= 15 is 4.39 Å². The predicted octanol–water partition coefficient (Wildman–Crippen LogP) is 3.08. The van der Waals surface area contributed by atoms with Gasteiger partial charge in [0.1, 0.15) is 23.0 Å². The highest BCUT2D eigenvalue weighted by Gasteiger charge is 2.56. The maximum Gasteiger partial charge on any atom is 0.218 e. The SMILES string of the molecule is CN(c1cnc(-c2ccc(-c3nnc(C#N)s3)cc2O)nn1)[C@@H]1C[C@@]2(C)CC[C@](C)(N2)[C@@H]1F. The molecule has 5 rings (SSSR count). The fourth-order valence-electron chi connectivity index (χ4n) is 5.00. The zero-order chi connectivity index (χ0) is 23.4. The van der Waals surface area contributed by atoms with Crippen LogP contribution in [0, 0.1) is 11.3 Å². The number of phenolic OH excluding ortho intramolecular Hbond substituents is 1. The molecule has 2 N–H and O–H groups in total. The van der Waals surface area contributed by atoms with Crippen LogP contribution in [-0.4, -0.2) is 60.8 Å². The van der Waals surface area contributed by atoms with Gasteiger partial charge in [0.25, 0.3) is 0 Å². The Bertz CT molecular complexity index is 1240. The first-order chi connectivity index (χ1) is 15.7. The summed E-state index contributed by atoms with van der Waals surface area (Å²) >= 11 is 1.14. The Morgan fingerprint density at radius 2 is 2.06 bits per heavy atom. The molecule has 0 spiro atoms. The van der Waals surface area contributed by atoms with Crippen LogP contribution in [0.3, 0.4) is 0 Å². The molecule has 2 fully saturated rings. The van der Waals surface area contributed by atoms with E-state index in [0.29, 0.717) is 28.4 Å². The highest BCUT2D eigenvalue weighted by molar-refractivity contribution is 7.15. The topological polar surface area (TPSA) is 124 Å². The van der Waals surface area contributed by atoms with Crippen LogP contribution in [0.15, 0.2) is 24.4 Å². The molecule has 33 heavy (non-hydrogen) atoms. The molecule has 4 atom stereocenters. The van der Waals surface area contributed by atoms with E-state index in [1.54, 1.807) is 18.3 Å². The minimum Gasteiger partial charge on any atom is -0.507 e. The van der Waals surface area contributed by atoms with Crippen molar-refractivity contribution >= 4 is 17.2 Å². The van der Waals surface area contributed by atoms with Gasteiger partial charge in [-0.15, -0.1) is 20.4 Å². The third-order valence-electron chi connectivity index (χ3n) is 6.80. The number of rotatable bonds is 4. The average molecular weight is 467 g/mol. The van der Waals surface area contributed by atoms with Gasteiger partial charge in [-0.05, 0) is 45.2 Å². The Hall–Kier alpha value is -3.23. The van der Waals surface area contributed by atoms with Crippen LogP contribution < -0.4 is 10.2 Å². The lowest BCUT2D eigenvalue weighted by Gasteiger charge is -2.47. The molecule has 2 bridgehead atoms. The van der Waals surface area contributed by atoms with Crippen molar-refractivity contribution in [2.45, 2.75) is 56.4 Å². The quantitative estimate of drug-likeness (QED) is 0.597. The highest BCUT2D eigenvalue weighted by Crippen LogP contribution is 2.45. The molecule has 0 saturated carbocycles. The van der Waals surface area contributed by atoms with Crippen LogP contribution in [0.4, 0.5) is 10.2 Å². The van der Waals surface area contributed by atoms with Gasteiger partial charge in [-0.1, -0.05) is 17.4 Å². The highest BCUT2D eigenvalue weighted by atomic mass is 32.1. The van der Waals surface area contributed by atoms with Gasteiger partial charge in [-0.3, -0.25) is 0 Å². The van der Waals surface area contributed by atoms with Crippen molar-refractivity contribution in [2.24, 2.45) is 0 Å². The number of nitriles is 1. The maximum atomic E-state index is 15.4. The van der Waals surface area contributed by atoms with Gasteiger partial charge < -0.3 is 15.3 Å². The van der Waals surface area contributed by atoms with Crippen molar-refractivity contribution < 1.29 is 9.50 Å². The number of halogens is 1. The number of phenols is 1. The first-order valence-electron chi connectivity index (χ1n) is 10.6. The number of benzene rings is 1. The fourth-order valence-corrected chi connectivity index (χ4v) is 5.63. The molecule has 2 aliphatic heterocycles. The molecule has 1 aromatic carbocycles. The Morgan fingerprint density at radius 3 is 2.73 bits per heavy atom. The lowest BCUT2D eigenvalue weighted by molar-refractivity contribution is 0.0859. The largest absolute Gasteiger partial charge is 0.507 e. The van der Waals surface area contributed by atoms with E-state index in [0.717, 1.165) is 24.2 Å². The van der Waals surface area contributed by atoms with Gasteiger partial charge in [-0.25, -0.2) is 9.37 Å². The summed E-state index contributed by atoms with van der Waals surface area (Å²) in [7, 11) is 1.82. The van der Waals surface area contributed by atoms with E-state index in [9.17, 15) is 5.11 Å². The van der Waals surface area contributed by atoms with Crippen LogP contribution in [0.25, 0.3) is 22.0 Å². The number of anilines is 1. The molecule has 0 unspecified atom stereocenters. The normalized spacial score (nSPS) is 28.5. The van der Waals surface area contributed by atoms with E-state index in [-0.39, 0.29) is 28.2 Å².